The van der Waals surface area contributed by atoms with E-state index in [1.807, 2.05) is 32.0 Å². The minimum Gasteiger partial charge on any atom is -0.493 e. The summed E-state index contributed by atoms with van der Waals surface area (Å²) in [6, 6.07) is 5.91. The second kappa shape index (κ2) is 9.85. The molecule has 124 valence electrons. The Labute approximate surface area is 141 Å². The standard InChI is InChI=1S/C17H26BrNO3/c1-4-7-22-16-6-5-15(18)9-13(16)10-19-11-14(17(20)21)8-12(2)3/h5-6,9,12,14,19H,4,7-8,10-11H2,1-3H3,(H,20,21). The number of hydrogen-bond donors (Lipinski definition) is 2. The molecule has 22 heavy (non-hydrogen) atoms. The molecular formula is C17H26BrNO3. The molecular weight excluding hydrogens is 346 g/mol. The molecule has 5 heteroatoms. The zero-order chi connectivity index (χ0) is 16.5. The summed E-state index contributed by atoms with van der Waals surface area (Å²) in [5, 5.41) is 12.5. The van der Waals surface area contributed by atoms with E-state index in [9.17, 15) is 9.90 Å². The first-order chi connectivity index (χ1) is 10.4. The average Bonchev–Trinajstić information content (AvgIpc) is 2.44. The van der Waals surface area contributed by atoms with Gasteiger partial charge >= 0.3 is 5.97 Å². The summed E-state index contributed by atoms with van der Waals surface area (Å²) in [5.74, 6) is 0.135. The van der Waals surface area contributed by atoms with Crippen LogP contribution >= 0.6 is 15.9 Å². The second-order valence-corrected chi connectivity index (χ2v) is 6.81. The molecule has 4 nitrogen and oxygen atoms in total. The van der Waals surface area contributed by atoms with Gasteiger partial charge in [-0.05, 0) is 37.0 Å². The number of aliphatic carboxylic acids is 1. The highest BCUT2D eigenvalue weighted by Crippen LogP contribution is 2.23. The minimum absolute atomic E-state index is 0.354. The maximum Gasteiger partial charge on any atom is 0.307 e. The summed E-state index contributed by atoms with van der Waals surface area (Å²) in [5.41, 5.74) is 1.04. The van der Waals surface area contributed by atoms with Gasteiger partial charge < -0.3 is 15.2 Å². The molecule has 0 aliphatic carbocycles. The lowest BCUT2D eigenvalue weighted by Crippen LogP contribution is -2.29. The van der Waals surface area contributed by atoms with Gasteiger partial charge in [0.05, 0.1) is 12.5 Å². The quantitative estimate of drug-likeness (QED) is 0.650. The molecule has 1 aromatic rings. The Bertz CT molecular complexity index is 477. The summed E-state index contributed by atoms with van der Waals surface area (Å²) >= 11 is 3.46. The van der Waals surface area contributed by atoms with Gasteiger partial charge in [-0.2, -0.15) is 0 Å². The fourth-order valence-electron chi connectivity index (χ4n) is 2.26. The third-order valence-electron chi connectivity index (χ3n) is 3.30. The van der Waals surface area contributed by atoms with Crippen LogP contribution in [0.2, 0.25) is 0 Å². The van der Waals surface area contributed by atoms with Crippen LogP contribution in [-0.4, -0.2) is 24.2 Å². The molecule has 1 atom stereocenters. The normalized spacial score (nSPS) is 12.4. The molecule has 0 saturated heterocycles. The van der Waals surface area contributed by atoms with E-state index < -0.39 is 5.97 Å². The molecule has 1 rings (SSSR count). The van der Waals surface area contributed by atoms with E-state index in [4.69, 9.17) is 4.74 Å². The van der Waals surface area contributed by atoms with E-state index >= 15 is 0 Å². The highest BCUT2D eigenvalue weighted by molar-refractivity contribution is 9.10. The van der Waals surface area contributed by atoms with Gasteiger partial charge in [0, 0.05) is 23.1 Å². The molecule has 1 aromatic carbocycles. The first-order valence-electron chi connectivity index (χ1n) is 7.78. The number of carboxylic acid groups (broad SMARTS) is 1. The molecule has 0 aromatic heterocycles. The smallest absolute Gasteiger partial charge is 0.307 e. The molecule has 0 spiro atoms. The number of nitrogens with one attached hydrogen (secondary N) is 1. The van der Waals surface area contributed by atoms with Crippen LogP contribution in [-0.2, 0) is 11.3 Å². The van der Waals surface area contributed by atoms with Gasteiger partial charge in [0.1, 0.15) is 5.75 Å². The van der Waals surface area contributed by atoms with Gasteiger partial charge in [-0.1, -0.05) is 36.7 Å². The van der Waals surface area contributed by atoms with E-state index in [2.05, 4.69) is 28.2 Å². The highest BCUT2D eigenvalue weighted by Gasteiger charge is 2.18. The molecule has 2 N–H and O–H groups in total. The summed E-state index contributed by atoms with van der Waals surface area (Å²) in [6.45, 7) is 7.90. The fraction of sp³-hybridized carbons (Fsp3) is 0.588. The number of ether oxygens (including phenoxy) is 1. The summed E-state index contributed by atoms with van der Waals surface area (Å²) < 4.78 is 6.72. The van der Waals surface area contributed by atoms with Crippen LogP contribution in [0, 0.1) is 11.8 Å². The molecule has 0 heterocycles. The van der Waals surface area contributed by atoms with Crippen molar-refractivity contribution in [2.75, 3.05) is 13.2 Å². The Balaban J connectivity index is 2.62. The molecule has 0 radical (unpaired) electrons. The lowest BCUT2D eigenvalue weighted by atomic mass is 9.97. The van der Waals surface area contributed by atoms with Crippen molar-refractivity contribution in [3.05, 3.63) is 28.2 Å². The Hall–Kier alpha value is -1.07. The van der Waals surface area contributed by atoms with Crippen molar-refractivity contribution in [1.29, 1.82) is 0 Å². The number of benzene rings is 1. The predicted molar refractivity (Wildman–Crippen MR) is 92.2 cm³/mol. The van der Waals surface area contributed by atoms with E-state index in [1.54, 1.807) is 0 Å². The summed E-state index contributed by atoms with van der Waals surface area (Å²) in [6.07, 6.45) is 1.64. The van der Waals surface area contributed by atoms with Crippen molar-refractivity contribution in [1.82, 2.24) is 5.32 Å². The van der Waals surface area contributed by atoms with Crippen molar-refractivity contribution in [3.8, 4) is 5.75 Å². The fourth-order valence-corrected chi connectivity index (χ4v) is 2.67. The van der Waals surface area contributed by atoms with E-state index in [0.717, 1.165) is 22.2 Å². The lowest BCUT2D eigenvalue weighted by molar-refractivity contribution is -0.142. The average molecular weight is 372 g/mol. The Morgan fingerprint density at radius 1 is 1.41 bits per heavy atom. The van der Waals surface area contributed by atoms with Gasteiger partial charge in [0.25, 0.3) is 0 Å². The first kappa shape index (κ1) is 19.0. The van der Waals surface area contributed by atoms with Crippen LogP contribution < -0.4 is 10.1 Å². The SMILES string of the molecule is CCCOc1ccc(Br)cc1CNCC(CC(C)C)C(=O)O. The number of rotatable bonds is 10. The van der Waals surface area contributed by atoms with E-state index in [0.29, 0.717) is 32.0 Å². The van der Waals surface area contributed by atoms with Crippen LogP contribution in [0.15, 0.2) is 22.7 Å². The van der Waals surface area contributed by atoms with Crippen molar-refractivity contribution >= 4 is 21.9 Å². The number of hydrogen-bond acceptors (Lipinski definition) is 3. The van der Waals surface area contributed by atoms with Crippen LogP contribution in [0.1, 0.15) is 39.2 Å². The molecule has 1 unspecified atom stereocenters. The minimum atomic E-state index is -0.738. The second-order valence-electron chi connectivity index (χ2n) is 5.90. The largest absolute Gasteiger partial charge is 0.493 e. The maximum absolute atomic E-state index is 11.3. The number of carbonyl (C=O) groups is 1. The van der Waals surface area contributed by atoms with Crippen LogP contribution in [0.5, 0.6) is 5.75 Å². The monoisotopic (exact) mass is 371 g/mol. The van der Waals surface area contributed by atoms with Gasteiger partial charge in [-0.3, -0.25) is 4.79 Å². The summed E-state index contributed by atoms with van der Waals surface area (Å²) in [4.78, 5) is 11.3. The van der Waals surface area contributed by atoms with Crippen molar-refractivity contribution < 1.29 is 14.6 Å². The van der Waals surface area contributed by atoms with Crippen molar-refractivity contribution in [3.63, 3.8) is 0 Å². The van der Waals surface area contributed by atoms with Crippen LogP contribution in [0.4, 0.5) is 0 Å². The van der Waals surface area contributed by atoms with E-state index in [1.165, 1.54) is 0 Å². The summed E-state index contributed by atoms with van der Waals surface area (Å²) in [7, 11) is 0. The Morgan fingerprint density at radius 3 is 2.73 bits per heavy atom. The zero-order valence-corrected chi connectivity index (χ0v) is 15.1. The number of carboxylic acids is 1. The van der Waals surface area contributed by atoms with E-state index in [-0.39, 0.29) is 5.92 Å². The number of halogens is 1. The zero-order valence-electron chi connectivity index (χ0n) is 13.6. The van der Waals surface area contributed by atoms with Crippen LogP contribution in [0.25, 0.3) is 0 Å². The lowest BCUT2D eigenvalue weighted by Gasteiger charge is -2.17. The van der Waals surface area contributed by atoms with Gasteiger partial charge in [0.15, 0.2) is 0 Å². The molecule has 0 fully saturated rings. The highest BCUT2D eigenvalue weighted by atomic mass is 79.9. The van der Waals surface area contributed by atoms with Crippen molar-refractivity contribution in [2.45, 2.75) is 40.2 Å². The molecule has 0 aliphatic rings. The Kier molecular flexibility index (Phi) is 8.49. The molecule has 0 aliphatic heterocycles. The van der Waals surface area contributed by atoms with Gasteiger partial charge in [-0.25, -0.2) is 0 Å². The Morgan fingerprint density at radius 2 is 2.14 bits per heavy atom. The first-order valence-corrected chi connectivity index (χ1v) is 8.58. The maximum atomic E-state index is 11.3. The predicted octanol–water partition coefficient (Wildman–Crippen LogP) is 4.07. The third kappa shape index (κ3) is 6.79. The third-order valence-corrected chi connectivity index (χ3v) is 3.79. The molecule has 0 amide bonds. The van der Waals surface area contributed by atoms with Gasteiger partial charge in [0.2, 0.25) is 0 Å². The van der Waals surface area contributed by atoms with Gasteiger partial charge in [-0.15, -0.1) is 0 Å². The topological polar surface area (TPSA) is 58.6 Å². The van der Waals surface area contributed by atoms with Crippen LogP contribution in [0.3, 0.4) is 0 Å². The molecule has 0 bridgehead atoms. The van der Waals surface area contributed by atoms with Crippen molar-refractivity contribution in [2.24, 2.45) is 11.8 Å². The molecule has 0 saturated carbocycles.